The van der Waals surface area contributed by atoms with Crippen molar-refractivity contribution < 1.29 is 19.4 Å². The number of anilines is 1. The van der Waals surface area contributed by atoms with E-state index < -0.39 is 11.9 Å². The van der Waals surface area contributed by atoms with Crippen LogP contribution in [0.3, 0.4) is 0 Å². The number of nitrogens with one attached hydrogen (secondary N) is 1. The molecule has 2 aromatic carbocycles. The lowest BCUT2D eigenvalue weighted by Gasteiger charge is -2.09. The fourth-order valence-electron chi connectivity index (χ4n) is 1.86. The molecular weight excluding hydrogens is 270 g/mol. The maximum absolute atomic E-state index is 12.2. The zero-order valence-corrected chi connectivity index (χ0v) is 11.7. The van der Waals surface area contributed by atoms with Gasteiger partial charge < -0.3 is 15.2 Å². The molecule has 2 N–H and O–H groups in total. The highest BCUT2D eigenvalue weighted by Gasteiger charge is 2.17. The SMILES string of the molecule is COc1ccc(C(=O)Nc2ccc(C)cc2)c(C(=O)O)c1. The molecule has 0 aliphatic heterocycles. The van der Waals surface area contributed by atoms with Gasteiger partial charge >= 0.3 is 5.97 Å². The van der Waals surface area contributed by atoms with Crippen molar-refractivity contribution in [3.05, 3.63) is 59.2 Å². The molecule has 0 fully saturated rings. The molecule has 0 aliphatic carbocycles. The highest BCUT2D eigenvalue weighted by molar-refractivity contribution is 6.10. The molecule has 108 valence electrons. The normalized spacial score (nSPS) is 10.0. The number of hydrogen-bond donors (Lipinski definition) is 2. The molecule has 0 heterocycles. The van der Waals surface area contributed by atoms with Crippen LogP contribution in [0.15, 0.2) is 42.5 Å². The fraction of sp³-hybridized carbons (Fsp3) is 0.125. The molecule has 0 bridgehead atoms. The van der Waals surface area contributed by atoms with Crippen LogP contribution in [0.25, 0.3) is 0 Å². The molecule has 0 atom stereocenters. The van der Waals surface area contributed by atoms with E-state index in [-0.39, 0.29) is 11.1 Å². The van der Waals surface area contributed by atoms with Crippen LogP contribution in [-0.4, -0.2) is 24.1 Å². The second kappa shape index (κ2) is 6.09. The lowest BCUT2D eigenvalue weighted by Crippen LogP contribution is -2.16. The standard InChI is InChI=1S/C16H15NO4/c1-10-3-5-11(6-4-10)17-15(18)13-8-7-12(21-2)9-14(13)16(19)20/h3-9H,1-2H3,(H,17,18)(H,19,20). The van der Waals surface area contributed by atoms with Gasteiger partial charge in [0.1, 0.15) is 5.75 Å². The quantitative estimate of drug-likeness (QED) is 0.905. The zero-order valence-electron chi connectivity index (χ0n) is 11.7. The van der Waals surface area contributed by atoms with Crippen molar-refractivity contribution in [2.45, 2.75) is 6.92 Å². The van der Waals surface area contributed by atoms with Crippen molar-refractivity contribution in [3.63, 3.8) is 0 Å². The lowest BCUT2D eigenvalue weighted by atomic mass is 10.1. The molecule has 0 saturated heterocycles. The van der Waals surface area contributed by atoms with E-state index in [9.17, 15) is 14.7 Å². The monoisotopic (exact) mass is 285 g/mol. The minimum Gasteiger partial charge on any atom is -0.497 e. The molecule has 0 unspecified atom stereocenters. The molecule has 0 spiro atoms. The third-order valence-electron chi connectivity index (χ3n) is 3.01. The van der Waals surface area contributed by atoms with Gasteiger partial charge in [0.05, 0.1) is 18.2 Å². The minimum atomic E-state index is -1.18. The van der Waals surface area contributed by atoms with E-state index in [0.29, 0.717) is 11.4 Å². The lowest BCUT2D eigenvalue weighted by molar-refractivity contribution is 0.0692. The largest absolute Gasteiger partial charge is 0.497 e. The Balaban J connectivity index is 2.30. The van der Waals surface area contributed by atoms with Gasteiger partial charge in [0.15, 0.2) is 0 Å². The van der Waals surface area contributed by atoms with E-state index in [2.05, 4.69) is 5.32 Å². The van der Waals surface area contributed by atoms with Crippen LogP contribution in [0.2, 0.25) is 0 Å². The first-order valence-corrected chi connectivity index (χ1v) is 6.30. The van der Waals surface area contributed by atoms with Gasteiger partial charge in [-0.1, -0.05) is 17.7 Å². The van der Waals surface area contributed by atoms with Gasteiger partial charge in [-0.2, -0.15) is 0 Å². The van der Waals surface area contributed by atoms with Crippen LogP contribution < -0.4 is 10.1 Å². The van der Waals surface area contributed by atoms with Crippen LogP contribution in [0.5, 0.6) is 5.75 Å². The van der Waals surface area contributed by atoms with Crippen LogP contribution in [0, 0.1) is 6.92 Å². The summed E-state index contributed by atoms with van der Waals surface area (Å²) in [4.78, 5) is 23.5. The summed E-state index contributed by atoms with van der Waals surface area (Å²) >= 11 is 0. The Morgan fingerprint density at radius 3 is 2.29 bits per heavy atom. The molecule has 0 aliphatic rings. The Kier molecular flexibility index (Phi) is 4.23. The summed E-state index contributed by atoms with van der Waals surface area (Å²) in [5.74, 6) is -1.26. The highest BCUT2D eigenvalue weighted by Crippen LogP contribution is 2.19. The third-order valence-corrected chi connectivity index (χ3v) is 3.01. The van der Waals surface area contributed by atoms with Gasteiger partial charge in [0.25, 0.3) is 5.91 Å². The number of benzene rings is 2. The summed E-state index contributed by atoms with van der Waals surface area (Å²) in [5, 5.41) is 11.9. The maximum atomic E-state index is 12.2. The van der Waals surface area contributed by atoms with Gasteiger partial charge in [-0.05, 0) is 37.3 Å². The van der Waals surface area contributed by atoms with Crippen molar-refractivity contribution in [2.24, 2.45) is 0 Å². The van der Waals surface area contributed by atoms with Crippen LogP contribution in [-0.2, 0) is 0 Å². The predicted octanol–water partition coefficient (Wildman–Crippen LogP) is 2.95. The Hall–Kier alpha value is -2.82. The Bertz CT molecular complexity index is 677. The van der Waals surface area contributed by atoms with Crippen molar-refractivity contribution in [2.75, 3.05) is 12.4 Å². The third kappa shape index (κ3) is 3.39. The number of methoxy groups -OCH3 is 1. The first-order valence-electron chi connectivity index (χ1n) is 6.30. The molecule has 5 heteroatoms. The Labute approximate surface area is 122 Å². The number of hydrogen-bond acceptors (Lipinski definition) is 3. The first kappa shape index (κ1) is 14.6. The topological polar surface area (TPSA) is 75.6 Å². The van der Waals surface area contributed by atoms with Crippen LogP contribution >= 0.6 is 0 Å². The molecule has 0 radical (unpaired) electrons. The Morgan fingerprint density at radius 1 is 1.05 bits per heavy atom. The summed E-state index contributed by atoms with van der Waals surface area (Å²) in [5.41, 5.74) is 1.67. The molecule has 5 nitrogen and oxygen atoms in total. The number of ether oxygens (including phenoxy) is 1. The second-order valence-corrected chi connectivity index (χ2v) is 4.54. The zero-order chi connectivity index (χ0) is 15.4. The molecule has 21 heavy (non-hydrogen) atoms. The van der Waals surface area contributed by atoms with E-state index in [1.165, 1.54) is 19.2 Å². The van der Waals surface area contributed by atoms with Crippen molar-refractivity contribution in [3.8, 4) is 5.75 Å². The van der Waals surface area contributed by atoms with Gasteiger partial charge in [-0.3, -0.25) is 4.79 Å². The van der Waals surface area contributed by atoms with Crippen molar-refractivity contribution in [1.29, 1.82) is 0 Å². The fourth-order valence-corrected chi connectivity index (χ4v) is 1.86. The van der Waals surface area contributed by atoms with E-state index in [1.807, 2.05) is 19.1 Å². The van der Waals surface area contributed by atoms with Crippen molar-refractivity contribution >= 4 is 17.6 Å². The van der Waals surface area contributed by atoms with Crippen LogP contribution in [0.1, 0.15) is 26.3 Å². The molecule has 0 saturated carbocycles. The summed E-state index contributed by atoms with van der Waals surface area (Å²) in [6, 6.07) is 11.6. The van der Waals surface area contributed by atoms with Gasteiger partial charge in [0.2, 0.25) is 0 Å². The average Bonchev–Trinajstić information content (AvgIpc) is 2.48. The van der Waals surface area contributed by atoms with E-state index in [4.69, 9.17) is 4.74 Å². The number of rotatable bonds is 4. The van der Waals surface area contributed by atoms with Crippen molar-refractivity contribution in [1.82, 2.24) is 0 Å². The Morgan fingerprint density at radius 2 is 1.71 bits per heavy atom. The second-order valence-electron chi connectivity index (χ2n) is 4.54. The van der Waals surface area contributed by atoms with Crippen LogP contribution in [0.4, 0.5) is 5.69 Å². The summed E-state index contributed by atoms with van der Waals surface area (Å²) in [7, 11) is 1.44. The summed E-state index contributed by atoms with van der Waals surface area (Å²) in [6.07, 6.45) is 0. The molecule has 2 rings (SSSR count). The molecule has 2 aromatic rings. The van der Waals surface area contributed by atoms with Gasteiger partial charge in [-0.25, -0.2) is 4.79 Å². The number of aromatic carboxylic acids is 1. The first-order chi connectivity index (χ1) is 10.0. The predicted molar refractivity (Wildman–Crippen MR) is 79.1 cm³/mol. The number of carboxylic acid groups (broad SMARTS) is 1. The average molecular weight is 285 g/mol. The number of carbonyl (C=O) groups is 2. The van der Waals surface area contributed by atoms with Gasteiger partial charge in [0, 0.05) is 5.69 Å². The minimum absolute atomic E-state index is 0.0869. The summed E-state index contributed by atoms with van der Waals surface area (Å²) in [6.45, 7) is 1.94. The number of carboxylic acids is 1. The smallest absolute Gasteiger partial charge is 0.336 e. The molecular formula is C16H15NO4. The highest BCUT2D eigenvalue weighted by atomic mass is 16.5. The summed E-state index contributed by atoms with van der Waals surface area (Å²) < 4.78 is 4.98. The number of carbonyl (C=O) groups excluding carboxylic acids is 1. The number of aryl methyl sites for hydroxylation is 1. The van der Waals surface area contributed by atoms with E-state index in [0.717, 1.165) is 5.56 Å². The number of amides is 1. The molecule has 1 amide bonds. The van der Waals surface area contributed by atoms with E-state index >= 15 is 0 Å². The maximum Gasteiger partial charge on any atom is 0.336 e. The molecule has 0 aromatic heterocycles. The van der Waals surface area contributed by atoms with E-state index in [1.54, 1.807) is 18.2 Å². The van der Waals surface area contributed by atoms with Gasteiger partial charge in [-0.15, -0.1) is 0 Å².